The van der Waals surface area contributed by atoms with E-state index in [1.165, 1.54) is 11.1 Å². The van der Waals surface area contributed by atoms with Gasteiger partial charge in [0.25, 0.3) is 0 Å². The molecule has 0 radical (unpaired) electrons. The second-order valence-electron chi connectivity index (χ2n) is 6.81. The quantitative estimate of drug-likeness (QED) is 0.430. The van der Waals surface area contributed by atoms with Crippen LogP contribution in [0.3, 0.4) is 0 Å². The third-order valence-corrected chi connectivity index (χ3v) is 5.19. The number of nitrogens with zero attached hydrogens (tertiary/aromatic N) is 1. The van der Waals surface area contributed by atoms with E-state index in [0.717, 1.165) is 11.3 Å². The van der Waals surface area contributed by atoms with Gasteiger partial charge in [-0.2, -0.15) is 0 Å². The number of ether oxygens (including phenoxy) is 1. The third-order valence-electron chi connectivity index (χ3n) is 4.88. The van der Waals surface area contributed by atoms with Crippen molar-refractivity contribution in [1.29, 1.82) is 0 Å². The number of rotatable bonds is 5. The van der Waals surface area contributed by atoms with E-state index in [1.807, 2.05) is 55.5 Å². The number of anilines is 1. The van der Waals surface area contributed by atoms with Crippen LogP contribution in [0, 0.1) is 0 Å². The molecule has 1 unspecified atom stereocenters. The second kappa shape index (κ2) is 7.45. The van der Waals surface area contributed by atoms with Crippen molar-refractivity contribution in [3.63, 3.8) is 0 Å². The molecule has 0 bridgehead atoms. The van der Waals surface area contributed by atoms with E-state index in [9.17, 15) is 4.79 Å². The Morgan fingerprint density at radius 3 is 2.04 bits per heavy atom. The maximum atomic E-state index is 11.9. The second-order valence-corrected chi connectivity index (χ2v) is 7.22. The number of benzene rings is 3. The van der Waals surface area contributed by atoms with Gasteiger partial charge in [0.15, 0.2) is 0 Å². The minimum absolute atomic E-state index is 0.226. The molecule has 4 heteroatoms. The Hall–Kier alpha value is -2.78. The highest BCUT2D eigenvalue weighted by molar-refractivity contribution is 6.33. The van der Waals surface area contributed by atoms with Crippen molar-refractivity contribution in [3.05, 3.63) is 94.5 Å². The first kappa shape index (κ1) is 17.6. The highest BCUT2D eigenvalue weighted by Crippen LogP contribution is 2.42. The van der Waals surface area contributed by atoms with Crippen molar-refractivity contribution in [2.45, 2.75) is 25.9 Å². The molecule has 3 aromatic carbocycles. The van der Waals surface area contributed by atoms with Crippen LogP contribution in [0.4, 0.5) is 5.69 Å². The zero-order valence-corrected chi connectivity index (χ0v) is 15.8. The maximum Gasteiger partial charge on any atom is 0.318 e. The summed E-state index contributed by atoms with van der Waals surface area (Å²) < 4.78 is 5.44. The largest absolute Gasteiger partial charge is 0.426 e. The summed E-state index contributed by atoms with van der Waals surface area (Å²) in [5.74, 6) is 0.108. The predicted octanol–water partition coefficient (Wildman–Crippen LogP) is 5.57. The molecule has 0 spiro atoms. The molecule has 3 aromatic rings. The fraction of sp³-hybridized carbons (Fsp3) is 0.174. The van der Waals surface area contributed by atoms with Gasteiger partial charge in [0, 0.05) is 24.7 Å². The minimum atomic E-state index is -0.275. The Kier molecular flexibility index (Phi) is 4.87. The van der Waals surface area contributed by atoms with Crippen LogP contribution >= 0.6 is 11.6 Å². The summed E-state index contributed by atoms with van der Waals surface area (Å²) in [5, 5.41) is 0.630. The SMILES string of the molecule is CC1C(=O)Oc2cc(N(Cc3ccccc3)Cc3ccccc3)c(Cl)cc21. The normalized spacial score (nSPS) is 15.3. The molecule has 1 atom stereocenters. The first-order chi connectivity index (χ1) is 13.1. The molecule has 0 saturated carbocycles. The van der Waals surface area contributed by atoms with Crippen molar-refractivity contribution in [2.75, 3.05) is 4.90 Å². The summed E-state index contributed by atoms with van der Waals surface area (Å²) >= 11 is 6.64. The number of fused-ring (bicyclic) bond motifs is 1. The average Bonchev–Trinajstić information content (AvgIpc) is 2.96. The highest BCUT2D eigenvalue weighted by Gasteiger charge is 2.31. The van der Waals surface area contributed by atoms with Gasteiger partial charge in [0.1, 0.15) is 5.75 Å². The Labute approximate surface area is 164 Å². The van der Waals surface area contributed by atoms with Crippen LogP contribution in [0.2, 0.25) is 5.02 Å². The summed E-state index contributed by atoms with van der Waals surface area (Å²) in [6.07, 6.45) is 0. The number of halogens is 1. The molecule has 3 nitrogen and oxygen atoms in total. The fourth-order valence-electron chi connectivity index (χ4n) is 3.38. The lowest BCUT2D eigenvalue weighted by Crippen LogP contribution is -2.22. The van der Waals surface area contributed by atoms with E-state index < -0.39 is 0 Å². The van der Waals surface area contributed by atoms with Crippen molar-refractivity contribution in [1.82, 2.24) is 0 Å². The van der Waals surface area contributed by atoms with E-state index in [-0.39, 0.29) is 11.9 Å². The maximum absolute atomic E-state index is 11.9. The van der Waals surface area contributed by atoms with Crippen LogP contribution in [-0.2, 0) is 17.9 Å². The molecule has 0 amide bonds. The van der Waals surface area contributed by atoms with Gasteiger partial charge in [-0.1, -0.05) is 72.3 Å². The van der Waals surface area contributed by atoms with Gasteiger partial charge in [-0.05, 0) is 24.1 Å². The van der Waals surface area contributed by atoms with Gasteiger partial charge in [0.2, 0.25) is 0 Å². The number of hydrogen-bond donors (Lipinski definition) is 0. The summed E-state index contributed by atoms with van der Waals surface area (Å²) in [6.45, 7) is 3.26. The average molecular weight is 378 g/mol. The highest BCUT2D eigenvalue weighted by atomic mass is 35.5. The lowest BCUT2D eigenvalue weighted by Gasteiger charge is -2.27. The number of carbonyl (C=O) groups is 1. The first-order valence-electron chi connectivity index (χ1n) is 9.00. The van der Waals surface area contributed by atoms with Gasteiger partial charge in [0.05, 0.1) is 16.6 Å². The molecular formula is C23H20ClNO2. The monoisotopic (exact) mass is 377 g/mol. The van der Waals surface area contributed by atoms with Gasteiger partial charge in [-0.3, -0.25) is 4.79 Å². The molecule has 1 aliphatic heterocycles. The van der Waals surface area contributed by atoms with Gasteiger partial charge in [-0.25, -0.2) is 0 Å². The molecule has 0 fully saturated rings. The van der Waals surface area contributed by atoms with Crippen LogP contribution in [0.1, 0.15) is 29.5 Å². The summed E-state index contributed by atoms with van der Waals surface area (Å²) in [6, 6.07) is 24.3. The first-order valence-corrected chi connectivity index (χ1v) is 9.37. The van der Waals surface area contributed by atoms with Crippen molar-refractivity contribution >= 4 is 23.3 Å². The van der Waals surface area contributed by atoms with E-state index in [0.29, 0.717) is 23.9 Å². The van der Waals surface area contributed by atoms with Crippen LogP contribution in [0.5, 0.6) is 5.75 Å². The van der Waals surface area contributed by atoms with Crippen LogP contribution in [0.25, 0.3) is 0 Å². The van der Waals surface area contributed by atoms with Gasteiger partial charge < -0.3 is 9.64 Å². The molecule has 136 valence electrons. The summed E-state index contributed by atoms with van der Waals surface area (Å²) in [5.41, 5.74) is 4.10. The summed E-state index contributed by atoms with van der Waals surface area (Å²) in [4.78, 5) is 14.1. The Morgan fingerprint density at radius 1 is 0.926 bits per heavy atom. The lowest BCUT2D eigenvalue weighted by atomic mass is 10.0. The van der Waals surface area contributed by atoms with Gasteiger partial charge in [-0.15, -0.1) is 0 Å². The summed E-state index contributed by atoms with van der Waals surface area (Å²) in [7, 11) is 0. The Bertz CT molecular complexity index is 915. The van der Waals surface area contributed by atoms with Crippen LogP contribution in [-0.4, -0.2) is 5.97 Å². The van der Waals surface area contributed by atoms with E-state index in [1.54, 1.807) is 0 Å². The van der Waals surface area contributed by atoms with Crippen LogP contribution in [0.15, 0.2) is 72.8 Å². The Balaban J connectivity index is 1.72. The standard InChI is InChI=1S/C23H20ClNO2/c1-16-19-12-20(24)21(13-22(19)27-23(16)26)25(14-17-8-4-2-5-9-17)15-18-10-6-3-7-11-18/h2-13,16H,14-15H2,1H3. The van der Waals surface area contributed by atoms with Crippen molar-refractivity contribution in [3.8, 4) is 5.75 Å². The van der Waals surface area contributed by atoms with Crippen LogP contribution < -0.4 is 9.64 Å². The van der Waals surface area contributed by atoms with E-state index in [4.69, 9.17) is 16.3 Å². The molecule has 27 heavy (non-hydrogen) atoms. The van der Waals surface area contributed by atoms with Crippen molar-refractivity contribution < 1.29 is 9.53 Å². The van der Waals surface area contributed by atoms with Crippen molar-refractivity contribution in [2.24, 2.45) is 0 Å². The predicted molar refractivity (Wildman–Crippen MR) is 108 cm³/mol. The van der Waals surface area contributed by atoms with E-state index in [2.05, 4.69) is 29.2 Å². The molecule has 1 aliphatic rings. The zero-order chi connectivity index (χ0) is 18.8. The third kappa shape index (κ3) is 3.69. The Morgan fingerprint density at radius 2 is 1.48 bits per heavy atom. The molecular weight excluding hydrogens is 358 g/mol. The molecule has 0 aromatic heterocycles. The molecule has 4 rings (SSSR count). The topological polar surface area (TPSA) is 29.5 Å². The minimum Gasteiger partial charge on any atom is -0.426 e. The molecule has 1 heterocycles. The molecule has 0 saturated heterocycles. The van der Waals surface area contributed by atoms with E-state index >= 15 is 0 Å². The molecule has 0 N–H and O–H groups in total. The van der Waals surface area contributed by atoms with Gasteiger partial charge >= 0.3 is 5.97 Å². The smallest absolute Gasteiger partial charge is 0.318 e. The number of hydrogen-bond acceptors (Lipinski definition) is 3. The molecule has 0 aliphatic carbocycles. The lowest BCUT2D eigenvalue weighted by molar-refractivity contribution is -0.133. The zero-order valence-electron chi connectivity index (χ0n) is 15.1. The number of esters is 1. The fourth-order valence-corrected chi connectivity index (χ4v) is 3.68. The number of carbonyl (C=O) groups excluding carboxylic acids is 1.